The Hall–Kier alpha value is -1.62. The molecule has 0 radical (unpaired) electrons. The van der Waals surface area contributed by atoms with Crippen LogP contribution in [0.2, 0.25) is 5.02 Å². The first-order valence-corrected chi connectivity index (χ1v) is 5.05. The van der Waals surface area contributed by atoms with E-state index >= 15 is 0 Å². The first-order chi connectivity index (χ1) is 8.10. The van der Waals surface area contributed by atoms with Gasteiger partial charge in [-0.15, -0.1) is 0 Å². The van der Waals surface area contributed by atoms with Gasteiger partial charge in [0.25, 0.3) is 0 Å². The fraction of sp³-hybridized carbons (Fsp3) is 0.364. The molecule has 0 fully saturated rings. The highest BCUT2D eigenvalue weighted by molar-refractivity contribution is 6.32. The van der Waals surface area contributed by atoms with Gasteiger partial charge >= 0.3 is 5.97 Å². The van der Waals surface area contributed by atoms with E-state index < -0.39 is 5.97 Å². The van der Waals surface area contributed by atoms with Crippen molar-refractivity contribution in [3.05, 3.63) is 16.7 Å². The van der Waals surface area contributed by atoms with Crippen molar-refractivity contribution in [1.82, 2.24) is 0 Å². The number of esters is 1. The van der Waals surface area contributed by atoms with E-state index in [4.69, 9.17) is 25.8 Å². The third kappa shape index (κ3) is 2.39. The Labute approximate surface area is 104 Å². The normalized spacial score (nSPS) is 9.71. The first-order valence-electron chi connectivity index (χ1n) is 4.67. The maximum absolute atomic E-state index is 11.6. The third-order valence-electron chi connectivity index (χ3n) is 2.16. The standard InChI is InChI=1S/C11H13ClO5/c1-14-8-6(11(13)17-4)5-7(12)9(15-2)10(8)16-3/h5H,1-4H3. The molecule has 1 aromatic rings. The summed E-state index contributed by atoms with van der Waals surface area (Å²) in [5.74, 6) is 0.215. The van der Waals surface area contributed by atoms with E-state index in [9.17, 15) is 4.79 Å². The Bertz CT molecular complexity index is 430. The summed E-state index contributed by atoms with van der Waals surface area (Å²) >= 11 is 5.98. The van der Waals surface area contributed by atoms with Gasteiger partial charge in [0.1, 0.15) is 5.56 Å². The molecular formula is C11H13ClO5. The molecule has 0 unspecified atom stereocenters. The predicted molar refractivity (Wildman–Crippen MR) is 62.4 cm³/mol. The van der Waals surface area contributed by atoms with Gasteiger partial charge in [0, 0.05) is 0 Å². The van der Waals surface area contributed by atoms with Crippen LogP contribution in [0.5, 0.6) is 17.2 Å². The fourth-order valence-electron chi connectivity index (χ4n) is 1.43. The van der Waals surface area contributed by atoms with Crippen LogP contribution in [0.4, 0.5) is 0 Å². The molecule has 0 atom stereocenters. The second kappa shape index (κ2) is 5.63. The summed E-state index contributed by atoms with van der Waals surface area (Å²) in [4.78, 5) is 11.6. The molecule has 6 heteroatoms. The smallest absolute Gasteiger partial charge is 0.341 e. The van der Waals surface area contributed by atoms with E-state index in [0.29, 0.717) is 5.75 Å². The number of hydrogen-bond donors (Lipinski definition) is 0. The molecule has 0 aliphatic carbocycles. The van der Waals surface area contributed by atoms with Gasteiger partial charge in [-0.1, -0.05) is 11.6 Å². The molecule has 0 amide bonds. The molecule has 0 bridgehead atoms. The molecule has 0 saturated carbocycles. The minimum atomic E-state index is -0.565. The molecule has 0 spiro atoms. The molecule has 1 aromatic carbocycles. The summed E-state index contributed by atoms with van der Waals surface area (Å²) < 4.78 is 20.0. The Kier molecular flexibility index (Phi) is 4.45. The van der Waals surface area contributed by atoms with Gasteiger partial charge in [-0.25, -0.2) is 4.79 Å². The molecule has 0 aliphatic heterocycles. The third-order valence-corrected chi connectivity index (χ3v) is 2.44. The largest absolute Gasteiger partial charge is 0.492 e. The molecule has 0 heterocycles. The molecule has 17 heavy (non-hydrogen) atoms. The van der Waals surface area contributed by atoms with Crippen LogP contribution in [-0.4, -0.2) is 34.4 Å². The van der Waals surface area contributed by atoms with Crippen LogP contribution >= 0.6 is 11.6 Å². The Balaban J connectivity index is 3.53. The summed E-state index contributed by atoms with van der Waals surface area (Å²) in [6.07, 6.45) is 0. The van der Waals surface area contributed by atoms with Crippen molar-refractivity contribution in [2.45, 2.75) is 0 Å². The molecular weight excluding hydrogens is 248 g/mol. The molecule has 5 nitrogen and oxygen atoms in total. The van der Waals surface area contributed by atoms with Gasteiger partial charge in [0.2, 0.25) is 5.75 Å². The first kappa shape index (κ1) is 13.4. The number of hydrogen-bond acceptors (Lipinski definition) is 5. The Morgan fingerprint density at radius 1 is 1.00 bits per heavy atom. The van der Waals surface area contributed by atoms with Crippen molar-refractivity contribution in [3.8, 4) is 17.2 Å². The van der Waals surface area contributed by atoms with E-state index in [1.54, 1.807) is 0 Å². The van der Waals surface area contributed by atoms with Crippen LogP contribution in [0, 0.1) is 0 Å². The monoisotopic (exact) mass is 260 g/mol. The van der Waals surface area contributed by atoms with E-state index in [1.165, 1.54) is 34.5 Å². The van der Waals surface area contributed by atoms with Gasteiger partial charge in [-0.3, -0.25) is 0 Å². The topological polar surface area (TPSA) is 54.0 Å². The van der Waals surface area contributed by atoms with Crippen LogP contribution in [0.1, 0.15) is 10.4 Å². The van der Waals surface area contributed by atoms with Gasteiger partial charge in [0.05, 0.1) is 33.5 Å². The van der Waals surface area contributed by atoms with Crippen molar-refractivity contribution < 1.29 is 23.7 Å². The van der Waals surface area contributed by atoms with Gasteiger partial charge in [0.15, 0.2) is 11.5 Å². The van der Waals surface area contributed by atoms with E-state index in [-0.39, 0.29) is 22.1 Å². The second-order valence-corrected chi connectivity index (χ2v) is 3.40. The van der Waals surface area contributed by atoms with Crippen LogP contribution < -0.4 is 14.2 Å². The maximum Gasteiger partial charge on any atom is 0.341 e. The lowest BCUT2D eigenvalue weighted by molar-refractivity contribution is 0.0596. The van der Waals surface area contributed by atoms with Gasteiger partial charge in [-0.2, -0.15) is 0 Å². The molecule has 0 aromatic heterocycles. The van der Waals surface area contributed by atoms with Crippen molar-refractivity contribution in [2.24, 2.45) is 0 Å². The minimum Gasteiger partial charge on any atom is -0.492 e. The fourth-order valence-corrected chi connectivity index (χ4v) is 1.70. The molecule has 94 valence electrons. The van der Waals surface area contributed by atoms with Crippen LogP contribution in [0.15, 0.2) is 6.07 Å². The summed E-state index contributed by atoms with van der Waals surface area (Å²) in [5, 5.41) is 0.241. The molecule has 0 aliphatic rings. The Morgan fingerprint density at radius 2 is 1.53 bits per heavy atom. The van der Waals surface area contributed by atoms with E-state index in [2.05, 4.69) is 4.74 Å². The SMILES string of the molecule is COC(=O)c1cc(Cl)c(OC)c(OC)c1OC. The number of ether oxygens (including phenoxy) is 4. The summed E-state index contributed by atoms with van der Waals surface area (Å²) in [6, 6.07) is 1.41. The summed E-state index contributed by atoms with van der Waals surface area (Å²) in [6.45, 7) is 0. The number of rotatable bonds is 4. The van der Waals surface area contributed by atoms with Crippen molar-refractivity contribution in [2.75, 3.05) is 28.4 Å². The molecule has 0 N–H and O–H groups in total. The highest BCUT2D eigenvalue weighted by atomic mass is 35.5. The van der Waals surface area contributed by atoms with Crippen molar-refractivity contribution >= 4 is 17.6 Å². The quantitative estimate of drug-likeness (QED) is 0.777. The number of methoxy groups -OCH3 is 4. The summed E-state index contributed by atoms with van der Waals surface area (Å²) in [5.41, 5.74) is 0.178. The molecule has 0 saturated heterocycles. The lowest BCUT2D eigenvalue weighted by Gasteiger charge is -2.15. The molecule has 1 rings (SSSR count). The zero-order valence-corrected chi connectivity index (χ0v) is 10.8. The number of halogens is 1. The average Bonchev–Trinajstić information content (AvgIpc) is 2.36. The second-order valence-electron chi connectivity index (χ2n) is 3.00. The number of carbonyl (C=O) groups is 1. The lowest BCUT2D eigenvalue weighted by atomic mass is 10.1. The highest BCUT2D eigenvalue weighted by Crippen LogP contribution is 2.44. The zero-order valence-electron chi connectivity index (χ0n) is 10.00. The number of carbonyl (C=O) groups excluding carboxylic acids is 1. The van der Waals surface area contributed by atoms with Crippen molar-refractivity contribution in [3.63, 3.8) is 0 Å². The van der Waals surface area contributed by atoms with E-state index in [0.717, 1.165) is 0 Å². The van der Waals surface area contributed by atoms with Crippen LogP contribution in [0.3, 0.4) is 0 Å². The highest BCUT2D eigenvalue weighted by Gasteiger charge is 2.24. The van der Waals surface area contributed by atoms with Gasteiger partial charge < -0.3 is 18.9 Å². The van der Waals surface area contributed by atoms with Crippen LogP contribution in [0.25, 0.3) is 0 Å². The predicted octanol–water partition coefficient (Wildman–Crippen LogP) is 2.15. The average molecular weight is 261 g/mol. The van der Waals surface area contributed by atoms with Gasteiger partial charge in [-0.05, 0) is 6.07 Å². The summed E-state index contributed by atoms with van der Waals surface area (Å²) in [7, 11) is 5.56. The maximum atomic E-state index is 11.6. The Morgan fingerprint density at radius 3 is 1.94 bits per heavy atom. The van der Waals surface area contributed by atoms with Crippen molar-refractivity contribution in [1.29, 1.82) is 0 Å². The number of benzene rings is 1. The lowest BCUT2D eigenvalue weighted by Crippen LogP contribution is -2.06. The minimum absolute atomic E-state index is 0.178. The van der Waals surface area contributed by atoms with E-state index in [1.807, 2.05) is 0 Å². The van der Waals surface area contributed by atoms with Crippen LogP contribution in [-0.2, 0) is 4.74 Å². The zero-order chi connectivity index (χ0) is 13.0.